The minimum absolute atomic E-state index is 0.0329. The number of carbonyl (C=O) groups excluding carboxylic acids is 1. The minimum atomic E-state index is -0.458. The number of nitrogens with zero attached hydrogens (tertiary/aromatic N) is 3. The Labute approximate surface area is 170 Å². The van der Waals surface area contributed by atoms with E-state index in [4.69, 9.17) is 25.2 Å². The summed E-state index contributed by atoms with van der Waals surface area (Å²) in [6, 6.07) is 7.64. The van der Waals surface area contributed by atoms with Crippen molar-refractivity contribution >= 4 is 34.0 Å². The van der Waals surface area contributed by atoms with Crippen LogP contribution in [0.1, 0.15) is 55.8 Å². The molecular formula is C22H28N4O3. The number of ether oxygens (including phenoxy) is 2. The van der Waals surface area contributed by atoms with Gasteiger partial charge in [-0.3, -0.25) is 0 Å². The van der Waals surface area contributed by atoms with Crippen molar-refractivity contribution in [2.24, 2.45) is 0 Å². The van der Waals surface area contributed by atoms with Crippen molar-refractivity contribution in [3.63, 3.8) is 0 Å². The summed E-state index contributed by atoms with van der Waals surface area (Å²) in [6.07, 6.45) is 6.29. The van der Waals surface area contributed by atoms with Gasteiger partial charge in [0.25, 0.3) is 0 Å². The predicted molar refractivity (Wildman–Crippen MR) is 113 cm³/mol. The predicted octanol–water partition coefficient (Wildman–Crippen LogP) is 4.08. The van der Waals surface area contributed by atoms with Crippen LogP contribution in [0.4, 0.5) is 5.82 Å². The van der Waals surface area contributed by atoms with E-state index in [0.29, 0.717) is 29.1 Å². The number of esters is 1. The summed E-state index contributed by atoms with van der Waals surface area (Å²) >= 11 is 0. The van der Waals surface area contributed by atoms with Crippen LogP contribution in [0.15, 0.2) is 24.3 Å². The van der Waals surface area contributed by atoms with Crippen LogP contribution in [0.3, 0.4) is 0 Å². The lowest BCUT2D eigenvalue weighted by Gasteiger charge is -2.10. The fourth-order valence-corrected chi connectivity index (χ4v) is 3.86. The summed E-state index contributed by atoms with van der Waals surface area (Å²) in [6.45, 7) is 3.84. The summed E-state index contributed by atoms with van der Waals surface area (Å²) in [5, 5.41) is 0. The molecule has 29 heavy (non-hydrogen) atoms. The molecule has 1 atom stereocenters. The van der Waals surface area contributed by atoms with Crippen LogP contribution >= 0.6 is 0 Å². The van der Waals surface area contributed by atoms with Crippen LogP contribution < -0.4 is 5.73 Å². The smallest absolute Gasteiger partial charge is 0.344 e. The van der Waals surface area contributed by atoms with Gasteiger partial charge in [-0.25, -0.2) is 14.8 Å². The Morgan fingerprint density at radius 2 is 2.03 bits per heavy atom. The van der Waals surface area contributed by atoms with E-state index in [1.54, 1.807) is 0 Å². The Hall–Kier alpha value is -2.67. The lowest BCUT2D eigenvalue weighted by molar-refractivity contribution is 0.0163. The highest BCUT2D eigenvalue weighted by atomic mass is 16.6. The molecule has 0 radical (unpaired) electrons. The van der Waals surface area contributed by atoms with Crippen molar-refractivity contribution in [1.82, 2.24) is 14.5 Å². The molecule has 1 aliphatic rings. The summed E-state index contributed by atoms with van der Waals surface area (Å²) in [4.78, 5) is 22.4. The molecule has 154 valence electrons. The first kappa shape index (κ1) is 19.6. The van der Waals surface area contributed by atoms with Crippen molar-refractivity contribution in [2.45, 2.75) is 58.1 Å². The molecule has 0 amide bonds. The first-order valence-electron chi connectivity index (χ1n) is 10.5. The highest BCUT2D eigenvalue weighted by molar-refractivity contribution is 6.08. The van der Waals surface area contributed by atoms with Crippen molar-refractivity contribution in [3.8, 4) is 0 Å². The van der Waals surface area contributed by atoms with E-state index < -0.39 is 5.97 Å². The fraction of sp³-hybridized carbons (Fsp3) is 0.500. The molecule has 0 unspecified atom stereocenters. The number of benzene rings is 1. The van der Waals surface area contributed by atoms with E-state index in [-0.39, 0.29) is 12.7 Å². The zero-order chi connectivity index (χ0) is 20.2. The van der Waals surface area contributed by atoms with Gasteiger partial charge in [-0.05, 0) is 31.4 Å². The number of nitrogens with two attached hydrogens (primary N) is 1. The summed E-state index contributed by atoms with van der Waals surface area (Å²) in [5.74, 6) is -0.0796. The minimum Gasteiger partial charge on any atom is -0.459 e. The van der Waals surface area contributed by atoms with Crippen molar-refractivity contribution < 1.29 is 14.3 Å². The lowest BCUT2D eigenvalue weighted by atomic mass is 10.2. The van der Waals surface area contributed by atoms with Crippen molar-refractivity contribution in [2.75, 3.05) is 18.9 Å². The monoisotopic (exact) mass is 396 g/mol. The lowest BCUT2D eigenvalue weighted by Crippen LogP contribution is -2.18. The third kappa shape index (κ3) is 4.05. The van der Waals surface area contributed by atoms with E-state index >= 15 is 0 Å². The van der Waals surface area contributed by atoms with Crippen LogP contribution in [0.5, 0.6) is 0 Å². The van der Waals surface area contributed by atoms with Gasteiger partial charge in [0.2, 0.25) is 0 Å². The first-order valence-corrected chi connectivity index (χ1v) is 10.5. The van der Waals surface area contributed by atoms with Crippen LogP contribution in [-0.2, 0) is 16.0 Å². The van der Waals surface area contributed by atoms with Gasteiger partial charge in [0.05, 0.1) is 17.1 Å². The average molecular weight is 396 g/mol. The van der Waals surface area contributed by atoms with E-state index in [0.717, 1.165) is 49.7 Å². The molecule has 2 aromatic heterocycles. The van der Waals surface area contributed by atoms with Gasteiger partial charge >= 0.3 is 5.97 Å². The Morgan fingerprint density at radius 1 is 1.24 bits per heavy atom. The molecule has 3 heterocycles. The summed E-state index contributed by atoms with van der Waals surface area (Å²) in [5.41, 5.74) is 9.41. The molecule has 1 aliphatic heterocycles. The van der Waals surface area contributed by atoms with Gasteiger partial charge in [-0.2, -0.15) is 0 Å². The molecule has 1 fully saturated rings. The Balaban J connectivity index is 1.69. The summed E-state index contributed by atoms with van der Waals surface area (Å²) < 4.78 is 13.0. The average Bonchev–Trinajstić information content (AvgIpc) is 3.34. The van der Waals surface area contributed by atoms with Crippen LogP contribution in [0, 0.1) is 0 Å². The SMILES string of the molecule is CCCCCCn1c(N)c(C(=O)OC[C@H]2CCCO2)c2nc3ccccc3nc21. The molecule has 0 saturated carbocycles. The molecule has 1 saturated heterocycles. The number of fused-ring (bicyclic) bond motifs is 2. The third-order valence-electron chi connectivity index (χ3n) is 5.46. The topological polar surface area (TPSA) is 92.3 Å². The molecule has 1 aromatic carbocycles. The highest BCUT2D eigenvalue weighted by Gasteiger charge is 2.26. The number of anilines is 1. The van der Waals surface area contributed by atoms with Crippen LogP contribution in [-0.4, -0.2) is 39.8 Å². The Kier molecular flexibility index (Phi) is 5.94. The zero-order valence-electron chi connectivity index (χ0n) is 16.9. The number of nitrogen functional groups attached to an aromatic ring is 1. The van der Waals surface area contributed by atoms with Gasteiger partial charge in [-0.1, -0.05) is 38.3 Å². The number of carbonyl (C=O) groups is 1. The molecule has 0 aliphatic carbocycles. The van der Waals surface area contributed by atoms with E-state index in [2.05, 4.69) is 6.92 Å². The van der Waals surface area contributed by atoms with E-state index in [1.165, 1.54) is 6.42 Å². The molecular weight excluding hydrogens is 368 g/mol. The van der Waals surface area contributed by atoms with Gasteiger partial charge in [0, 0.05) is 13.2 Å². The van der Waals surface area contributed by atoms with Crippen molar-refractivity contribution in [1.29, 1.82) is 0 Å². The molecule has 7 nitrogen and oxygen atoms in total. The maximum absolute atomic E-state index is 12.9. The second-order valence-electron chi connectivity index (χ2n) is 7.59. The summed E-state index contributed by atoms with van der Waals surface area (Å²) in [7, 11) is 0. The van der Waals surface area contributed by atoms with Gasteiger partial charge in [0.15, 0.2) is 5.65 Å². The molecule has 2 N–H and O–H groups in total. The molecule has 3 aromatic rings. The van der Waals surface area contributed by atoms with Gasteiger partial charge in [0.1, 0.15) is 23.5 Å². The molecule has 0 spiro atoms. The van der Waals surface area contributed by atoms with E-state index in [1.807, 2.05) is 28.8 Å². The second kappa shape index (κ2) is 8.78. The number of aromatic nitrogens is 3. The standard InChI is InChI=1S/C22H28N4O3/c1-2-3-4-7-12-26-20(23)18(22(27)29-14-15-9-8-13-28-15)19-21(26)25-17-11-6-5-10-16(17)24-19/h5-6,10-11,15H,2-4,7-9,12-14,23H2,1H3/t15-/m1/s1. The number of rotatable bonds is 8. The van der Waals surface area contributed by atoms with Crippen LogP contribution in [0.25, 0.3) is 22.2 Å². The largest absolute Gasteiger partial charge is 0.459 e. The number of para-hydroxylation sites is 2. The number of unbranched alkanes of at least 4 members (excludes halogenated alkanes) is 3. The molecule has 4 rings (SSSR count). The zero-order valence-corrected chi connectivity index (χ0v) is 16.9. The highest BCUT2D eigenvalue weighted by Crippen LogP contribution is 2.29. The fourth-order valence-electron chi connectivity index (χ4n) is 3.86. The quantitative estimate of drug-likeness (QED) is 0.455. The maximum Gasteiger partial charge on any atom is 0.344 e. The van der Waals surface area contributed by atoms with Crippen molar-refractivity contribution in [3.05, 3.63) is 29.8 Å². The maximum atomic E-state index is 12.9. The first-order chi connectivity index (χ1) is 14.2. The van der Waals surface area contributed by atoms with Crippen LogP contribution in [0.2, 0.25) is 0 Å². The third-order valence-corrected chi connectivity index (χ3v) is 5.46. The molecule has 7 heteroatoms. The normalized spacial score (nSPS) is 16.7. The number of hydrogen-bond donors (Lipinski definition) is 1. The Morgan fingerprint density at radius 3 is 2.76 bits per heavy atom. The second-order valence-corrected chi connectivity index (χ2v) is 7.59. The molecule has 0 bridgehead atoms. The number of hydrogen-bond acceptors (Lipinski definition) is 6. The van der Waals surface area contributed by atoms with Gasteiger partial charge in [-0.15, -0.1) is 0 Å². The van der Waals surface area contributed by atoms with E-state index in [9.17, 15) is 4.79 Å². The Bertz CT molecular complexity index is 1010. The van der Waals surface area contributed by atoms with Gasteiger partial charge < -0.3 is 19.8 Å². The number of aryl methyl sites for hydroxylation is 1.